The molecule has 6 N–H and O–H groups in total. The summed E-state index contributed by atoms with van der Waals surface area (Å²) in [7, 11) is 0. The maximum absolute atomic E-state index is 7.26. The summed E-state index contributed by atoms with van der Waals surface area (Å²) in [6.07, 6.45) is 4.67. The van der Waals surface area contributed by atoms with E-state index in [0.717, 1.165) is 17.7 Å². The zero-order valence-corrected chi connectivity index (χ0v) is 10.4. The highest BCUT2D eigenvalue weighted by atomic mass is 14.9. The van der Waals surface area contributed by atoms with Crippen molar-refractivity contribution in [2.45, 2.75) is 32.2 Å². The van der Waals surface area contributed by atoms with Gasteiger partial charge in [0, 0.05) is 35.7 Å². The van der Waals surface area contributed by atoms with Gasteiger partial charge in [0.05, 0.1) is 0 Å². The van der Waals surface area contributed by atoms with E-state index in [2.05, 4.69) is 12.2 Å². The Kier molecular flexibility index (Phi) is 5.49. The van der Waals surface area contributed by atoms with Crippen molar-refractivity contribution in [2.75, 3.05) is 17.6 Å². The average Bonchev–Trinajstić information content (AvgIpc) is 2.36. The van der Waals surface area contributed by atoms with Gasteiger partial charge < -0.3 is 22.2 Å². The summed E-state index contributed by atoms with van der Waals surface area (Å²) >= 11 is 0. The first kappa shape index (κ1) is 13.5. The van der Waals surface area contributed by atoms with Gasteiger partial charge in [0.25, 0.3) is 0 Å². The summed E-state index contributed by atoms with van der Waals surface area (Å²) in [4.78, 5) is 0. The molecule has 4 heteroatoms. The molecule has 0 saturated carbocycles. The van der Waals surface area contributed by atoms with Gasteiger partial charge in [-0.3, -0.25) is 0 Å². The van der Waals surface area contributed by atoms with E-state index in [0.29, 0.717) is 12.2 Å². The zero-order chi connectivity index (χ0) is 12.7. The first-order valence-electron chi connectivity index (χ1n) is 6.07. The van der Waals surface area contributed by atoms with Crippen LogP contribution in [0.15, 0.2) is 18.2 Å². The highest BCUT2D eigenvalue weighted by Gasteiger charge is 2.06. The fraction of sp³-hybridized carbons (Fsp3) is 0.462. The van der Waals surface area contributed by atoms with E-state index in [4.69, 9.17) is 16.9 Å². The van der Waals surface area contributed by atoms with Gasteiger partial charge in [-0.05, 0) is 24.6 Å². The van der Waals surface area contributed by atoms with Crippen molar-refractivity contribution in [3.63, 3.8) is 0 Å². The first-order chi connectivity index (χ1) is 8.21. The van der Waals surface area contributed by atoms with Crippen LogP contribution in [0, 0.1) is 5.41 Å². The van der Waals surface area contributed by atoms with Crippen LogP contribution in [0.1, 0.15) is 31.7 Å². The molecule has 0 bridgehead atoms. The smallest absolute Gasteiger partial charge is 0.0404 e. The molecule has 1 aromatic rings. The highest BCUT2D eigenvalue weighted by molar-refractivity contribution is 5.86. The van der Waals surface area contributed by atoms with Crippen molar-refractivity contribution in [2.24, 2.45) is 5.73 Å². The second-order valence-electron chi connectivity index (χ2n) is 4.21. The lowest BCUT2D eigenvalue weighted by Gasteiger charge is -2.18. The van der Waals surface area contributed by atoms with Crippen LogP contribution in [0.3, 0.4) is 0 Å². The third-order valence-corrected chi connectivity index (χ3v) is 2.80. The predicted molar refractivity (Wildman–Crippen MR) is 74.7 cm³/mol. The quantitative estimate of drug-likeness (QED) is 0.431. The Balaban J connectivity index is 2.69. The molecule has 1 atom stereocenters. The number of nitrogen functional groups attached to an aromatic ring is 1. The number of unbranched alkanes of at least 4 members (excludes halogenated alkanes) is 1. The summed E-state index contributed by atoms with van der Waals surface area (Å²) < 4.78 is 0. The van der Waals surface area contributed by atoms with Crippen molar-refractivity contribution in [1.82, 2.24) is 0 Å². The number of hydrogen-bond donors (Lipinski definition) is 4. The van der Waals surface area contributed by atoms with E-state index in [1.807, 2.05) is 18.2 Å². The Morgan fingerprint density at radius 3 is 2.82 bits per heavy atom. The van der Waals surface area contributed by atoms with Gasteiger partial charge in [-0.1, -0.05) is 19.8 Å². The number of nitrogens with two attached hydrogens (primary N) is 2. The third kappa shape index (κ3) is 4.07. The highest BCUT2D eigenvalue weighted by Crippen LogP contribution is 2.17. The van der Waals surface area contributed by atoms with Gasteiger partial charge in [-0.15, -0.1) is 0 Å². The minimum atomic E-state index is 0.289. The Hall–Kier alpha value is -1.55. The molecule has 17 heavy (non-hydrogen) atoms. The molecule has 0 heterocycles. The SMILES string of the molecule is CCCCC(CN)Nc1ccc(N)c(C=N)c1. The Morgan fingerprint density at radius 2 is 2.24 bits per heavy atom. The molecule has 1 unspecified atom stereocenters. The summed E-state index contributed by atoms with van der Waals surface area (Å²) in [5.74, 6) is 0. The molecule has 1 aromatic carbocycles. The van der Waals surface area contributed by atoms with Crippen molar-refractivity contribution in [3.05, 3.63) is 23.8 Å². The molecule has 0 radical (unpaired) electrons. The van der Waals surface area contributed by atoms with Crippen LogP contribution in [0.4, 0.5) is 11.4 Å². The lowest BCUT2D eigenvalue weighted by atomic mass is 10.1. The summed E-state index contributed by atoms with van der Waals surface area (Å²) in [6.45, 7) is 2.79. The topological polar surface area (TPSA) is 87.9 Å². The normalized spacial score (nSPS) is 12.1. The second kappa shape index (κ2) is 6.91. The molecule has 0 aliphatic heterocycles. The molecule has 0 fully saturated rings. The fourth-order valence-corrected chi connectivity index (χ4v) is 1.72. The standard InChI is InChI=1S/C13H22N4/c1-2-3-4-12(9-15)17-11-5-6-13(16)10(7-11)8-14/h5-8,12,14,17H,2-4,9,15-16H2,1H3. The van der Waals surface area contributed by atoms with Crippen LogP contribution in [-0.4, -0.2) is 18.8 Å². The molecule has 4 nitrogen and oxygen atoms in total. The largest absolute Gasteiger partial charge is 0.398 e. The van der Waals surface area contributed by atoms with Gasteiger partial charge in [0.1, 0.15) is 0 Å². The van der Waals surface area contributed by atoms with Crippen LogP contribution in [0.5, 0.6) is 0 Å². The molecule has 0 spiro atoms. The molecule has 0 aliphatic rings. The van der Waals surface area contributed by atoms with E-state index in [9.17, 15) is 0 Å². The second-order valence-corrected chi connectivity index (χ2v) is 4.21. The summed E-state index contributed by atoms with van der Waals surface area (Å²) in [5.41, 5.74) is 13.8. The molecule has 94 valence electrons. The number of nitrogens with one attached hydrogen (secondary N) is 2. The van der Waals surface area contributed by atoms with Crippen molar-refractivity contribution in [3.8, 4) is 0 Å². The molecular weight excluding hydrogens is 212 g/mol. The molecule has 0 aliphatic carbocycles. The van der Waals surface area contributed by atoms with Gasteiger partial charge in [0.2, 0.25) is 0 Å². The van der Waals surface area contributed by atoms with E-state index in [1.165, 1.54) is 19.1 Å². The third-order valence-electron chi connectivity index (χ3n) is 2.80. The lowest BCUT2D eigenvalue weighted by Crippen LogP contribution is -2.28. The molecule has 0 amide bonds. The van der Waals surface area contributed by atoms with Gasteiger partial charge in [-0.2, -0.15) is 0 Å². The molecule has 1 rings (SSSR count). The van der Waals surface area contributed by atoms with Crippen LogP contribution in [-0.2, 0) is 0 Å². The Labute approximate surface area is 103 Å². The number of anilines is 2. The maximum Gasteiger partial charge on any atom is 0.0404 e. The van der Waals surface area contributed by atoms with E-state index >= 15 is 0 Å². The number of hydrogen-bond acceptors (Lipinski definition) is 4. The average molecular weight is 234 g/mol. The molecule has 0 aromatic heterocycles. The van der Waals surface area contributed by atoms with E-state index in [-0.39, 0.29) is 6.04 Å². The predicted octanol–water partition coefficient (Wildman–Crippen LogP) is 2.20. The van der Waals surface area contributed by atoms with Gasteiger partial charge in [0.15, 0.2) is 0 Å². The maximum atomic E-state index is 7.26. The van der Waals surface area contributed by atoms with Crippen molar-refractivity contribution >= 4 is 17.6 Å². The first-order valence-corrected chi connectivity index (χ1v) is 6.07. The molecular formula is C13H22N4. The van der Waals surface area contributed by atoms with Crippen LogP contribution < -0.4 is 16.8 Å². The van der Waals surface area contributed by atoms with Crippen LogP contribution in [0.25, 0.3) is 0 Å². The minimum absolute atomic E-state index is 0.289. The zero-order valence-electron chi connectivity index (χ0n) is 10.4. The fourth-order valence-electron chi connectivity index (χ4n) is 1.72. The number of benzene rings is 1. The van der Waals surface area contributed by atoms with E-state index in [1.54, 1.807) is 0 Å². The van der Waals surface area contributed by atoms with Gasteiger partial charge >= 0.3 is 0 Å². The molecule has 0 saturated heterocycles. The van der Waals surface area contributed by atoms with E-state index < -0.39 is 0 Å². The minimum Gasteiger partial charge on any atom is -0.398 e. The summed E-state index contributed by atoms with van der Waals surface area (Å²) in [6, 6.07) is 5.92. The Bertz CT molecular complexity index is 362. The van der Waals surface area contributed by atoms with Crippen LogP contribution >= 0.6 is 0 Å². The van der Waals surface area contributed by atoms with Crippen LogP contribution in [0.2, 0.25) is 0 Å². The lowest BCUT2D eigenvalue weighted by molar-refractivity contribution is 0.614. The van der Waals surface area contributed by atoms with Crippen molar-refractivity contribution < 1.29 is 0 Å². The van der Waals surface area contributed by atoms with Gasteiger partial charge in [-0.25, -0.2) is 0 Å². The van der Waals surface area contributed by atoms with Crippen molar-refractivity contribution in [1.29, 1.82) is 5.41 Å². The Morgan fingerprint density at radius 1 is 1.47 bits per heavy atom. The summed E-state index contributed by atoms with van der Waals surface area (Å²) in [5, 5.41) is 10.6. The number of rotatable bonds is 7. The monoisotopic (exact) mass is 234 g/mol.